The van der Waals surface area contributed by atoms with Crippen LogP contribution in [0.15, 0.2) is 70.5 Å². The second kappa shape index (κ2) is 8.50. The van der Waals surface area contributed by atoms with E-state index in [-0.39, 0.29) is 5.82 Å². The van der Waals surface area contributed by atoms with Crippen molar-refractivity contribution in [1.29, 1.82) is 0 Å². The average Bonchev–Trinajstić information content (AvgIpc) is 2.62. The SMILES string of the molecule is CCCC(c1ccc(F)cc1)N1CC=C(Sc2ccccc2)CC1. The first-order chi connectivity index (χ1) is 11.8. The average molecular weight is 341 g/mol. The molecule has 3 heteroatoms. The topological polar surface area (TPSA) is 3.24 Å². The second-order valence-electron chi connectivity index (χ2n) is 6.19. The van der Waals surface area contributed by atoms with Crippen molar-refractivity contribution in [2.75, 3.05) is 13.1 Å². The van der Waals surface area contributed by atoms with Gasteiger partial charge in [-0.3, -0.25) is 4.90 Å². The van der Waals surface area contributed by atoms with E-state index in [0.717, 1.165) is 32.4 Å². The number of thioether (sulfide) groups is 1. The molecule has 1 unspecified atom stereocenters. The lowest BCUT2D eigenvalue weighted by Crippen LogP contribution is -2.32. The van der Waals surface area contributed by atoms with Gasteiger partial charge in [-0.25, -0.2) is 4.39 Å². The maximum atomic E-state index is 13.2. The highest BCUT2D eigenvalue weighted by Gasteiger charge is 2.22. The first kappa shape index (κ1) is 17.2. The molecule has 0 fully saturated rings. The molecule has 0 N–H and O–H groups in total. The van der Waals surface area contributed by atoms with E-state index in [2.05, 4.69) is 48.2 Å². The Morgan fingerprint density at radius 1 is 1.08 bits per heavy atom. The molecule has 0 saturated carbocycles. The zero-order valence-electron chi connectivity index (χ0n) is 14.1. The fraction of sp³-hybridized carbons (Fsp3) is 0.333. The second-order valence-corrected chi connectivity index (χ2v) is 7.39. The van der Waals surface area contributed by atoms with Crippen molar-refractivity contribution in [3.05, 3.63) is 77.0 Å². The lowest BCUT2D eigenvalue weighted by atomic mass is 9.99. The van der Waals surface area contributed by atoms with Crippen LogP contribution in [0.4, 0.5) is 4.39 Å². The largest absolute Gasteiger partial charge is 0.292 e. The van der Waals surface area contributed by atoms with E-state index in [9.17, 15) is 4.39 Å². The Balaban J connectivity index is 1.67. The summed E-state index contributed by atoms with van der Waals surface area (Å²) < 4.78 is 13.2. The van der Waals surface area contributed by atoms with Gasteiger partial charge in [0.05, 0.1) is 0 Å². The van der Waals surface area contributed by atoms with E-state index in [1.165, 1.54) is 15.4 Å². The van der Waals surface area contributed by atoms with E-state index >= 15 is 0 Å². The summed E-state index contributed by atoms with van der Waals surface area (Å²) in [5.41, 5.74) is 1.23. The molecular weight excluding hydrogens is 317 g/mol. The lowest BCUT2D eigenvalue weighted by Gasteiger charge is -2.34. The van der Waals surface area contributed by atoms with Crippen LogP contribution in [0.2, 0.25) is 0 Å². The molecule has 0 radical (unpaired) electrons. The van der Waals surface area contributed by atoms with Crippen molar-refractivity contribution < 1.29 is 4.39 Å². The Bertz CT molecular complexity index is 666. The van der Waals surface area contributed by atoms with Crippen LogP contribution in [0.3, 0.4) is 0 Å². The van der Waals surface area contributed by atoms with Crippen LogP contribution < -0.4 is 0 Å². The molecular formula is C21H24FNS. The fourth-order valence-electron chi connectivity index (χ4n) is 3.20. The van der Waals surface area contributed by atoms with E-state index in [1.54, 1.807) is 12.1 Å². The molecule has 0 bridgehead atoms. The van der Waals surface area contributed by atoms with Gasteiger partial charge < -0.3 is 0 Å². The molecule has 3 rings (SSSR count). The molecule has 126 valence electrons. The van der Waals surface area contributed by atoms with Crippen LogP contribution in [0.25, 0.3) is 0 Å². The number of rotatable bonds is 6. The molecule has 0 saturated heterocycles. The summed E-state index contributed by atoms with van der Waals surface area (Å²) in [7, 11) is 0. The predicted octanol–water partition coefficient (Wildman–Crippen LogP) is 6.05. The van der Waals surface area contributed by atoms with Gasteiger partial charge >= 0.3 is 0 Å². The minimum Gasteiger partial charge on any atom is -0.292 e. The highest BCUT2D eigenvalue weighted by atomic mass is 32.2. The van der Waals surface area contributed by atoms with Gasteiger partial charge in [-0.05, 0) is 47.6 Å². The van der Waals surface area contributed by atoms with Gasteiger partial charge in [0.25, 0.3) is 0 Å². The van der Waals surface area contributed by atoms with Gasteiger partial charge in [-0.2, -0.15) is 0 Å². The summed E-state index contributed by atoms with van der Waals surface area (Å²) >= 11 is 1.87. The fourth-order valence-corrected chi connectivity index (χ4v) is 4.15. The maximum Gasteiger partial charge on any atom is 0.123 e. The zero-order chi connectivity index (χ0) is 16.8. The molecule has 0 aliphatic carbocycles. The zero-order valence-corrected chi connectivity index (χ0v) is 14.9. The smallest absolute Gasteiger partial charge is 0.123 e. The molecule has 0 spiro atoms. The normalized spacial score (nSPS) is 16.7. The van der Waals surface area contributed by atoms with Gasteiger partial charge in [0.1, 0.15) is 5.82 Å². The molecule has 24 heavy (non-hydrogen) atoms. The Morgan fingerprint density at radius 2 is 1.83 bits per heavy atom. The summed E-state index contributed by atoms with van der Waals surface area (Å²) in [4.78, 5) is 5.28. The molecule has 1 aliphatic heterocycles. The van der Waals surface area contributed by atoms with Crippen molar-refractivity contribution >= 4 is 11.8 Å². The number of nitrogens with zero attached hydrogens (tertiary/aromatic N) is 1. The van der Waals surface area contributed by atoms with Crippen molar-refractivity contribution in [3.8, 4) is 0 Å². The quantitative estimate of drug-likeness (QED) is 0.629. The molecule has 1 aliphatic rings. The molecule has 2 aromatic rings. The van der Waals surface area contributed by atoms with Gasteiger partial charge in [0.15, 0.2) is 0 Å². The standard InChI is InChI=1S/C21H24FNS/c1-2-6-21(17-9-11-18(22)12-10-17)23-15-13-20(14-16-23)24-19-7-4-3-5-8-19/h3-5,7-13,21H,2,6,14-16H2,1H3. The summed E-state index contributed by atoms with van der Waals surface area (Å²) in [5.74, 6) is -0.158. The minimum absolute atomic E-state index is 0.158. The summed E-state index contributed by atoms with van der Waals surface area (Å²) in [6.07, 6.45) is 5.68. The molecule has 1 nitrogen and oxygen atoms in total. The number of hydrogen-bond acceptors (Lipinski definition) is 2. The van der Waals surface area contributed by atoms with Gasteiger partial charge in [-0.15, -0.1) is 0 Å². The third-order valence-electron chi connectivity index (χ3n) is 4.45. The predicted molar refractivity (Wildman–Crippen MR) is 101 cm³/mol. The van der Waals surface area contributed by atoms with Crippen LogP contribution in [-0.4, -0.2) is 18.0 Å². The first-order valence-electron chi connectivity index (χ1n) is 8.67. The maximum absolute atomic E-state index is 13.2. The van der Waals surface area contributed by atoms with Crippen LogP contribution in [0.1, 0.15) is 37.8 Å². The number of benzene rings is 2. The molecule has 2 aromatic carbocycles. The Labute approximate surface area is 148 Å². The van der Waals surface area contributed by atoms with Gasteiger partial charge in [-0.1, -0.05) is 61.5 Å². The minimum atomic E-state index is -0.158. The highest BCUT2D eigenvalue weighted by molar-refractivity contribution is 8.03. The van der Waals surface area contributed by atoms with E-state index in [1.807, 2.05) is 23.9 Å². The van der Waals surface area contributed by atoms with E-state index in [0.29, 0.717) is 6.04 Å². The van der Waals surface area contributed by atoms with Crippen LogP contribution in [-0.2, 0) is 0 Å². The first-order valence-corrected chi connectivity index (χ1v) is 9.49. The Morgan fingerprint density at radius 3 is 2.46 bits per heavy atom. The number of hydrogen-bond donors (Lipinski definition) is 0. The van der Waals surface area contributed by atoms with Crippen molar-refractivity contribution in [2.24, 2.45) is 0 Å². The molecule has 0 amide bonds. The van der Waals surface area contributed by atoms with Gasteiger partial charge in [0, 0.05) is 24.0 Å². The van der Waals surface area contributed by atoms with Crippen LogP contribution in [0.5, 0.6) is 0 Å². The van der Waals surface area contributed by atoms with E-state index < -0.39 is 0 Å². The number of halogens is 1. The third kappa shape index (κ3) is 4.49. The van der Waals surface area contributed by atoms with Crippen LogP contribution in [0, 0.1) is 5.82 Å². The van der Waals surface area contributed by atoms with Crippen LogP contribution >= 0.6 is 11.8 Å². The lowest BCUT2D eigenvalue weighted by molar-refractivity contribution is 0.203. The highest BCUT2D eigenvalue weighted by Crippen LogP contribution is 2.34. The molecule has 1 atom stereocenters. The van der Waals surface area contributed by atoms with Crippen molar-refractivity contribution in [3.63, 3.8) is 0 Å². The third-order valence-corrected chi connectivity index (χ3v) is 5.59. The molecule has 1 heterocycles. The summed E-state index contributed by atoms with van der Waals surface area (Å²) in [6.45, 7) is 4.25. The van der Waals surface area contributed by atoms with Gasteiger partial charge in [0.2, 0.25) is 0 Å². The molecule has 0 aromatic heterocycles. The summed E-state index contributed by atoms with van der Waals surface area (Å²) in [6, 6.07) is 18.0. The monoisotopic (exact) mass is 341 g/mol. The van der Waals surface area contributed by atoms with Crippen molar-refractivity contribution in [1.82, 2.24) is 4.90 Å². The Hall–Kier alpha value is -1.58. The summed E-state index contributed by atoms with van der Waals surface area (Å²) in [5, 5.41) is 0. The van der Waals surface area contributed by atoms with E-state index in [4.69, 9.17) is 0 Å². The Kier molecular flexibility index (Phi) is 6.11. The van der Waals surface area contributed by atoms with Crippen molar-refractivity contribution in [2.45, 2.75) is 37.1 Å².